The molecule has 33 heavy (non-hydrogen) atoms. The average Bonchev–Trinajstić information content (AvgIpc) is 3.51. The molecule has 0 saturated heterocycles. The van der Waals surface area contributed by atoms with E-state index in [1.807, 2.05) is 53.2 Å². The van der Waals surface area contributed by atoms with E-state index >= 15 is 0 Å². The highest BCUT2D eigenvalue weighted by Crippen LogP contribution is 2.34. The Morgan fingerprint density at radius 2 is 1.97 bits per heavy atom. The second-order valence-electron chi connectivity index (χ2n) is 8.21. The molecule has 3 N–H and O–H groups in total. The first kappa shape index (κ1) is 20.9. The van der Waals surface area contributed by atoms with Crippen LogP contribution in [0.15, 0.2) is 67.0 Å². The fourth-order valence-electron chi connectivity index (χ4n) is 4.36. The number of hydrogen-bond acceptors (Lipinski definition) is 5. The second-order valence-corrected chi connectivity index (χ2v) is 8.21. The lowest BCUT2D eigenvalue weighted by molar-refractivity contribution is 0.0950. The summed E-state index contributed by atoms with van der Waals surface area (Å²) >= 11 is 0. The van der Waals surface area contributed by atoms with E-state index in [1.54, 1.807) is 0 Å². The van der Waals surface area contributed by atoms with Gasteiger partial charge in [0.05, 0.1) is 11.4 Å². The average molecular weight is 439 g/mol. The molecule has 166 valence electrons. The fraction of sp³-hybridized carbons (Fsp3) is 0.231. The Bertz CT molecular complexity index is 1340. The van der Waals surface area contributed by atoms with Crippen molar-refractivity contribution in [3.63, 3.8) is 0 Å². The lowest BCUT2D eigenvalue weighted by Crippen LogP contribution is -2.23. The van der Waals surface area contributed by atoms with Crippen molar-refractivity contribution < 1.29 is 4.79 Å². The molecule has 7 heteroatoms. The normalized spacial score (nSPS) is 15.2. The van der Waals surface area contributed by atoms with E-state index < -0.39 is 0 Å². The van der Waals surface area contributed by atoms with E-state index in [-0.39, 0.29) is 11.9 Å². The number of carbonyl (C=O) groups excluding carboxylic acids is 1. The largest absolute Gasteiger partial charge is 0.383 e. The summed E-state index contributed by atoms with van der Waals surface area (Å²) in [5, 5.41) is 8.67. The topological polar surface area (TPSA) is 98.7 Å². The summed E-state index contributed by atoms with van der Waals surface area (Å²) in [4.78, 5) is 21.3. The Hall–Kier alpha value is -4.00. The molecule has 2 heterocycles. The van der Waals surface area contributed by atoms with Crippen molar-refractivity contribution in [1.29, 1.82) is 0 Å². The maximum Gasteiger partial charge on any atom is 0.251 e. The SMILES string of the molecule is CCc1ccccc1C(=O)NCc1ccc(-c2nn([C@@H]3C=CCC3)c3ncnc(N)c23)cc1. The lowest BCUT2D eigenvalue weighted by Gasteiger charge is -2.09. The number of amides is 1. The van der Waals surface area contributed by atoms with Crippen LogP contribution in [0, 0.1) is 0 Å². The Morgan fingerprint density at radius 3 is 2.73 bits per heavy atom. The van der Waals surface area contributed by atoms with Crippen molar-refractivity contribution in [2.45, 2.75) is 38.8 Å². The maximum absolute atomic E-state index is 12.6. The van der Waals surface area contributed by atoms with Gasteiger partial charge in [0.2, 0.25) is 0 Å². The molecule has 0 fully saturated rings. The van der Waals surface area contributed by atoms with Gasteiger partial charge >= 0.3 is 0 Å². The molecule has 0 saturated carbocycles. The number of nitrogen functional groups attached to an aromatic ring is 1. The van der Waals surface area contributed by atoms with Crippen LogP contribution >= 0.6 is 0 Å². The fourth-order valence-corrected chi connectivity index (χ4v) is 4.36. The van der Waals surface area contributed by atoms with Gasteiger partial charge in [0, 0.05) is 17.7 Å². The Kier molecular flexibility index (Phi) is 5.60. The number of allylic oxidation sites excluding steroid dienone is 2. The third-order valence-electron chi connectivity index (χ3n) is 6.14. The number of aromatic nitrogens is 4. The zero-order valence-corrected chi connectivity index (χ0v) is 18.5. The van der Waals surface area contributed by atoms with Crippen LogP contribution in [0.25, 0.3) is 22.3 Å². The minimum absolute atomic E-state index is 0.0594. The third-order valence-corrected chi connectivity index (χ3v) is 6.14. The van der Waals surface area contributed by atoms with Crippen molar-refractivity contribution in [2.24, 2.45) is 0 Å². The summed E-state index contributed by atoms with van der Waals surface area (Å²) in [6.45, 7) is 2.50. The van der Waals surface area contributed by atoms with Crippen LogP contribution in [-0.2, 0) is 13.0 Å². The van der Waals surface area contributed by atoms with Crippen LogP contribution in [-0.4, -0.2) is 25.7 Å². The van der Waals surface area contributed by atoms with Gasteiger partial charge in [0.1, 0.15) is 17.8 Å². The van der Waals surface area contributed by atoms with Crippen LogP contribution in [0.4, 0.5) is 5.82 Å². The van der Waals surface area contributed by atoms with Gasteiger partial charge in [-0.05, 0) is 36.5 Å². The number of fused-ring (bicyclic) bond motifs is 1. The van der Waals surface area contributed by atoms with Gasteiger partial charge in [0.25, 0.3) is 5.91 Å². The van der Waals surface area contributed by atoms with E-state index in [1.165, 1.54) is 6.33 Å². The van der Waals surface area contributed by atoms with Crippen LogP contribution in [0.2, 0.25) is 0 Å². The molecule has 5 rings (SSSR count). The van der Waals surface area contributed by atoms with Gasteiger partial charge < -0.3 is 11.1 Å². The monoisotopic (exact) mass is 438 g/mol. The number of anilines is 1. The predicted octanol–water partition coefficient (Wildman–Crippen LogP) is 4.46. The molecule has 0 aliphatic heterocycles. The van der Waals surface area contributed by atoms with Crippen molar-refractivity contribution in [3.8, 4) is 11.3 Å². The second kappa shape index (κ2) is 8.86. The standard InChI is InChI=1S/C26H26N6O/c1-2-18-7-3-6-10-21(18)26(33)28-15-17-11-13-19(14-12-17)23-22-24(27)29-16-30-25(22)32(31-23)20-8-4-5-9-20/h3-4,6-8,10-14,16,20H,2,5,9,15H2,1H3,(H,28,33)(H2,27,29,30)/t20-/m1/s1. The van der Waals surface area contributed by atoms with Crippen LogP contribution in [0.1, 0.15) is 47.3 Å². The molecule has 1 atom stereocenters. The lowest BCUT2D eigenvalue weighted by atomic mass is 10.0. The van der Waals surface area contributed by atoms with E-state index in [9.17, 15) is 4.79 Å². The van der Waals surface area contributed by atoms with E-state index in [0.717, 1.165) is 58.2 Å². The molecule has 4 aromatic rings. The van der Waals surface area contributed by atoms with Crippen molar-refractivity contribution in [1.82, 2.24) is 25.1 Å². The molecule has 1 aliphatic carbocycles. The number of hydrogen-bond donors (Lipinski definition) is 2. The Balaban J connectivity index is 1.39. The number of carbonyl (C=O) groups is 1. The van der Waals surface area contributed by atoms with Gasteiger partial charge in [-0.2, -0.15) is 5.10 Å². The van der Waals surface area contributed by atoms with Gasteiger partial charge in [-0.25, -0.2) is 14.6 Å². The van der Waals surface area contributed by atoms with Crippen molar-refractivity contribution >= 4 is 22.8 Å². The highest BCUT2D eigenvalue weighted by molar-refractivity contribution is 5.98. The molecule has 0 spiro atoms. The first-order chi connectivity index (χ1) is 16.2. The summed E-state index contributed by atoms with van der Waals surface area (Å²) in [5.41, 5.74) is 11.5. The van der Waals surface area contributed by atoms with Gasteiger partial charge in [-0.15, -0.1) is 0 Å². The summed E-state index contributed by atoms with van der Waals surface area (Å²) in [7, 11) is 0. The van der Waals surface area contributed by atoms with E-state index in [2.05, 4.69) is 34.4 Å². The number of rotatable bonds is 6. The van der Waals surface area contributed by atoms with E-state index in [0.29, 0.717) is 12.4 Å². The third kappa shape index (κ3) is 3.98. The zero-order chi connectivity index (χ0) is 22.8. The molecule has 7 nitrogen and oxygen atoms in total. The van der Waals surface area contributed by atoms with Crippen LogP contribution < -0.4 is 11.1 Å². The highest BCUT2D eigenvalue weighted by atomic mass is 16.1. The predicted molar refractivity (Wildman–Crippen MR) is 130 cm³/mol. The number of nitrogens with one attached hydrogen (secondary N) is 1. The van der Waals surface area contributed by atoms with Crippen molar-refractivity contribution in [2.75, 3.05) is 5.73 Å². The van der Waals surface area contributed by atoms with Crippen LogP contribution in [0.3, 0.4) is 0 Å². The Labute approximate surface area is 192 Å². The first-order valence-electron chi connectivity index (χ1n) is 11.3. The summed E-state index contributed by atoms with van der Waals surface area (Å²) < 4.78 is 1.95. The highest BCUT2D eigenvalue weighted by Gasteiger charge is 2.22. The van der Waals surface area contributed by atoms with Crippen molar-refractivity contribution in [3.05, 3.63) is 83.7 Å². The summed E-state index contributed by atoms with van der Waals surface area (Å²) in [6, 6.07) is 15.9. The Morgan fingerprint density at radius 1 is 1.15 bits per heavy atom. The first-order valence-corrected chi connectivity index (χ1v) is 11.3. The molecule has 1 amide bonds. The van der Waals surface area contributed by atoms with Gasteiger partial charge in [-0.3, -0.25) is 4.79 Å². The molecular weight excluding hydrogens is 412 g/mol. The minimum atomic E-state index is -0.0594. The quantitative estimate of drug-likeness (QED) is 0.433. The number of nitrogens with zero attached hydrogens (tertiary/aromatic N) is 4. The minimum Gasteiger partial charge on any atom is -0.383 e. The summed E-state index contributed by atoms with van der Waals surface area (Å²) in [6.07, 6.45) is 8.68. The van der Waals surface area contributed by atoms with Crippen LogP contribution in [0.5, 0.6) is 0 Å². The maximum atomic E-state index is 12.6. The number of benzene rings is 2. The molecule has 0 unspecified atom stereocenters. The summed E-state index contributed by atoms with van der Waals surface area (Å²) in [5.74, 6) is 0.366. The molecular formula is C26H26N6O. The molecule has 2 aromatic carbocycles. The molecule has 0 bridgehead atoms. The number of aryl methyl sites for hydroxylation is 1. The number of nitrogens with two attached hydrogens (primary N) is 1. The molecule has 1 aliphatic rings. The van der Waals surface area contributed by atoms with Gasteiger partial charge in [0.15, 0.2) is 5.65 Å². The molecule has 0 radical (unpaired) electrons. The zero-order valence-electron chi connectivity index (χ0n) is 18.5. The smallest absolute Gasteiger partial charge is 0.251 e. The van der Waals surface area contributed by atoms with Gasteiger partial charge in [-0.1, -0.05) is 61.5 Å². The molecule has 2 aromatic heterocycles. The van der Waals surface area contributed by atoms with E-state index in [4.69, 9.17) is 10.8 Å².